The van der Waals surface area contributed by atoms with Gasteiger partial charge in [0.15, 0.2) is 6.61 Å². The van der Waals surface area contributed by atoms with E-state index in [0.29, 0.717) is 22.9 Å². The van der Waals surface area contributed by atoms with Crippen molar-refractivity contribution < 1.29 is 19.1 Å². The molecule has 1 aromatic carbocycles. The first-order chi connectivity index (χ1) is 16.5. The summed E-state index contributed by atoms with van der Waals surface area (Å²) in [7, 11) is 0. The number of thiophene rings is 1. The highest BCUT2D eigenvalue weighted by atomic mass is 35.5. The van der Waals surface area contributed by atoms with E-state index in [4.69, 9.17) is 26.1 Å². The van der Waals surface area contributed by atoms with Crippen LogP contribution in [0.25, 0.3) is 0 Å². The van der Waals surface area contributed by atoms with Crippen molar-refractivity contribution in [3.8, 4) is 5.75 Å². The lowest BCUT2D eigenvalue weighted by Gasteiger charge is -2.23. The van der Waals surface area contributed by atoms with Gasteiger partial charge < -0.3 is 14.8 Å². The van der Waals surface area contributed by atoms with Crippen LogP contribution in [0.15, 0.2) is 23.2 Å². The molecule has 1 heterocycles. The molecule has 6 nitrogen and oxygen atoms in total. The summed E-state index contributed by atoms with van der Waals surface area (Å²) < 4.78 is 10.6. The summed E-state index contributed by atoms with van der Waals surface area (Å²) in [6.45, 7) is 1.85. The highest BCUT2D eigenvalue weighted by Gasteiger charge is 2.27. The zero-order valence-corrected chi connectivity index (χ0v) is 21.1. The normalized spacial score (nSPS) is 16.3. The molecule has 1 fully saturated rings. The lowest BCUT2D eigenvalue weighted by Crippen LogP contribution is -2.36. The van der Waals surface area contributed by atoms with Crippen molar-refractivity contribution in [1.29, 1.82) is 0 Å². The van der Waals surface area contributed by atoms with Gasteiger partial charge in [0.05, 0.1) is 12.2 Å². The third-order valence-electron chi connectivity index (χ3n) is 6.26. The van der Waals surface area contributed by atoms with Crippen LogP contribution in [0.4, 0.5) is 5.00 Å². The van der Waals surface area contributed by atoms with Gasteiger partial charge in [0.1, 0.15) is 10.8 Å². The van der Waals surface area contributed by atoms with E-state index >= 15 is 0 Å². The summed E-state index contributed by atoms with van der Waals surface area (Å²) in [6, 6.07) is 5.39. The fourth-order valence-electron chi connectivity index (χ4n) is 4.60. The Hall–Kier alpha value is -2.38. The minimum Gasteiger partial charge on any atom is -0.481 e. The first-order valence-electron chi connectivity index (χ1n) is 12.1. The van der Waals surface area contributed by atoms with Crippen molar-refractivity contribution in [3.63, 3.8) is 0 Å². The first kappa shape index (κ1) is 24.7. The van der Waals surface area contributed by atoms with Crippen LogP contribution in [-0.2, 0) is 22.4 Å². The van der Waals surface area contributed by atoms with Gasteiger partial charge in [0.25, 0.3) is 5.91 Å². The summed E-state index contributed by atoms with van der Waals surface area (Å²) in [6.07, 6.45) is 11.5. The second kappa shape index (κ2) is 11.8. The Balaban J connectivity index is 1.59. The molecule has 1 aromatic heterocycles. The van der Waals surface area contributed by atoms with E-state index in [-0.39, 0.29) is 18.6 Å². The number of carbonyl (C=O) groups excluding carboxylic acids is 2. The van der Waals surface area contributed by atoms with Gasteiger partial charge in [-0.05, 0) is 69.2 Å². The molecule has 0 aliphatic heterocycles. The van der Waals surface area contributed by atoms with Crippen molar-refractivity contribution in [2.24, 2.45) is 4.99 Å². The maximum atomic E-state index is 13.4. The van der Waals surface area contributed by atoms with Crippen molar-refractivity contribution in [2.45, 2.75) is 70.8 Å². The minimum absolute atomic E-state index is 0.0108. The molecule has 1 saturated carbocycles. The molecule has 182 valence electrons. The van der Waals surface area contributed by atoms with Crippen LogP contribution < -0.4 is 10.1 Å². The maximum Gasteiger partial charge on any atom is 0.344 e. The molecule has 0 radical (unpaired) electrons. The summed E-state index contributed by atoms with van der Waals surface area (Å²) in [5, 5.41) is 4.52. The molecular weight excluding hydrogens is 472 g/mol. The van der Waals surface area contributed by atoms with Crippen molar-refractivity contribution in [3.05, 3.63) is 44.8 Å². The highest BCUT2D eigenvalue weighted by molar-refractivity contribution is 7.16. The Morgan fingerprint density at radius 2 is 1.97 bits per heavy atom. The van der Waals surface area contributed by atoms with Gasteiger partial charge in [0, 0.05) is 27.7 Å². The molecule has 2 aliphatic rings. The van der Waals surface area contributed by atoms with Crippen molar-refractivity contribution >= 4 is 46.0 Å². The van der Waals surface area contributed by atoms with Gasteiger partial charge in [-0.15, -0.1) is 11.3 Å². The molecule has 1 N–H and O–H groups in total. The summed E-state index contributed by atoms with van der Waals surface area (Å²) >= 11 is 7.81. The van der Waals surface area contributed by atoms with E-state index < -0.39 is 5.97 Å². The van der Waals surface area contributed by atoms with E-state index in [9.17, 15) is 9.59 Å². The lowest BCUT2D eigenvalue weighted by molar-refractivity contribution is -0.145. The van der Waals surface area contributed by atoms with Crippen LogP contribution >= 0.6 is 22.9 Å². The molecule has 4 rings (SSSR count). The average molecular weight is 503 g/mol. The monoisotopic (exact) mass is 502 g/mol. The summed E-state index contributed by atoms with van der Waals surface area (Å²) in [4.78, 5) is 31.1. The van der Waals surface area contributed by atoms with Crippen LogP contribution in [0.1, 0.15) is 78.2 Å². The molecular formula is C26H31ClN2O4S. The third kappa shape index (κ3) is 6.19. The summed E-state index contributed by atoms with van der Waals surface area (Å²) in [5.74, 6) is 0.0343. The largest absolute Gasteiger partial charge is 0.481 e. The lowest BCUT2D eigenvalue weighted by atomic mass is 9.93. The van der Waals surface area contributed by atoms with Crippen LogP contribution in [0.5, 0.6) is 5.75 Å². The molecule has 2 aromatic rings. The number of benzene rings is 1. The molecule has 8 heteroatoms. The SMILES string of the molecule is CCOC(=O)COc1ccc(Cl)cc1C=Nc1sc2c(c1C(=O)NC1CCCCC1)CCCC2. The number of hydrogen-bond acceptors (Lipinski definition) is 6. The van der Waals surface area contributed by atoms with E-state index in [2.05, 4.69) is 5.32 Å². The zero-order chi connectivity index (χ0) is 23.9. The van der Waals surface area contributed by atoms with Crippen LogP contribution in [0, 0.1) is 0 Å². The van der Waals surface area contributed by atoms with Gasteiger partial charge in [-0.25, -0.2) is 9.79 Å². The number of hydrogen-bond donors (Lipinski definition) is 1. The van der Waals surface area contributed by atoms with Crippen LogP contribution in [0.3, 0.4) is 0 Å². The first-order valence-corrected chi connectivity index (χ1v) is 13.3. The molecule has 0 atom stereocenters. The van der Waals surface area contributed by atoms with Gasteiger partial charge in [-0.1, -0.05) is 30.9 Å². The van der Waals surface area contributed by atoms with Gasteiger partial charge in [0.2, 0.25) is 0 Å². The standard InChI is InChI=1S/C26H31ClN2O4S/c1-2-32-23(30)16-33-21-13-12-18(27)14-17(21)15-28-26-24(20-10-6-7-11-22(20)34-26)25(31)29-19-8-4-3-5-9-19/h12-15,19H,2-11,16H2,1H3,(H,29,31). The minimum atomic E-state index is -0.437. The fraction of sp³-hybridized carbons (Fsp3) is 0.500. The number of halogens is 1. The van der Waals surface area contributed by atoms with Crippen molar-refractivity contribution in [2.75, 3.05) is 13.2 Å². The molecule has 34 heavy (non-hydrogen) atoms. The fourth-order valence-corrected chi connectivity index (χ4v) is 6.01. The highest BCUT2D eigenvalue weighted by Crippen LogP contribution is 2.40. The number of ether oxygens (including phenoxy) is 2. The second-order valence-electron chi connectivity index (χ2n) is 8.73. The predicted octanol–water partition coefficient (Wildman–Crippen LogP) is 6.04. The van der Waals surface area contributed by atoms with E-state index in [1.807, 2.05) is 0 Å². The topological polar surface area (TPSA) is 77.0 Å². The Kier molecular flexibility index (Phi) is 8.62. The number of nitrogens with zero attached hydrogens (tertiary/aromatic N) is 1. The molecule has 0 spiro atoms. The Labute approximate surface area is 209 Å². The van der Waals surface area contributed by atoms with Gasteiger partial charge in [-0.3, -0.25) is 4.79 Å². The Bertz CT molecular complexity index is 1060. The predicted molar refractivity (Wildman–Crippen MR) is 136 cm³/mol. The van der Waals surface area contributed by atoms with Crippen LogP contribution in [0.2, 0.25) is 5.02 Å². The average Bonchev–Trinajstić information content (AvgIpc) is 3.21. The van der Waals surface area contributed by atoms with E-state index in [0.717, 1.165) is 54.7 Å². The Morgan fingerprint density at radius 3 is 2.76 bits per heavy atom. The van der Waals surface area contributed by atoms with E-state index in [1.165, 1.54) is 24.1 Å². The summed E-state index contributed by atoms with van der Waals surface area (Å²) in [5.41, 5.74) is 2.51. The van der Waals surface area contributed by atoms with Gasteiger partial charge in [-0.2, -0.15) is 0 Å². The van der Waals surface area contributed by atoms with E-state index in [1.54, 1.807) is 42.7 Å². The number of aliphatic imine (C=N–C) groups is 1. The second-order valence-corrected chi connectivity index (χ2v) is 10.3. The molecule has 0 unspecified atom stereocenters. The molecule has 2 aliphatic carbocycles. The number of esters is 1. The number of fused-ring (bicyclic) bond motifs is 1. The molecule has 0 bridgehead atoms. The van der Waals surface area contributed by atoms with Gasteiger partial charge >= 0.3 is 5.97 Å². The van der Waals surface area contributed by atoms with Crippen molar-refractivity contribution in [1.82, 2.24) is 5.32 Å². The maximum absolute atomic E-state index is 13.4. The Morgan fingerprint density at radius 1 is 1.18 bits per heavy atom. The number of rotatable bonds is 8. The molecule has 1 amide bonds. The molecule has 0 saturated heterocycles. The van der Waals surface area contributed by atoms with Crippen LogP contribution in [-0.4, -0.2) is 37.3 Å². The number of carbonyl (C=O) groups is 2. The number of aryl methyl sites for hydroxylation is 1. The number of amides is 1. The number of nitrogens with one attached hydrogen (secondary N) is 1. The third-order valence-corrected chi connectivity index (χ3v) is 7.70. The zero-order valence-electron chi connectivity index (χ0n) is 19.5. The smallest absolute Gasteiger partial charge is 0.344 e. The quantitative estimate of drug-likeness (QED) is 0.353.